The molecule has 0 aromatic carbocycles. The zero-order valence-electron chi connectivity index (χ0n) is 5.02. The summed E-state index contributed by atoms with van der Waals surface area (Å²) in [5.41, 5.74) is 0. The number of carbonyl (C=O) groups is 1. The Morgan fingerprint density at radius 1 is 1.67 bits per heavy atom. The molecule has 1 atom stereocenters. The first kappa shape index (κ1) is 6.26. The minimum atomic E-state index is -0.154. The number of piperidine rings is 1. The molecule has 3 nitrogen and oxygen atoms in total. The molecule has 1 radical (unpaired) electrons. The van der Waals surface area contributed by atoms with Crippen molar-refractivity contribution in [3.63, 3.8) is 0 Å². The van der Waals surface area contributed by atoms with Crippen LogP contribution in [0.4, 0.5) is 0 Å². The smallest absolute Gasteiger partial charge is 0.220 e. The SMILES string of the molecule is O=[C]C1CCNC(=O)C1. The van der Waals surface area contributed by atoms with Crippen molar-refractivity contribution >= 4 is 12.2 Å². The number of hydrogen-bond donors (Lipinski definition) is 1. The van der Waals surface area contributed by atoms with E-state index in [0.29, 0.717) is 13.0 Å². The van der Waals surface area contributed by atoms with Crippen molar-refractivity contribution in [3.05, 3.63) is 0 Å². The van der Waals surface area contributed by atoms with E-state index in [1.807, 2.05) is 6.29 Å². The summed E-state index contributed by atoms with van der Waals surface area (Å²) in [4.78, 5) is 20.5. The lowest BCUT2D eigenvalue weighted by Crippen LogP contribution is -2.33. The highest BCUT2D eigenvalue weighted by atomic mass is 16.2. The van der Waals surface area contributed by atoms with Gasteiger partial charge < -0.3 is 5.32 Å². The van der Waals surface area contributed by atoms with Crippen LogP contribution >= 0.6 is 0 Å². The van der Waals surface area contributed by atoms with Gasteiger partial charge in [-0.3, -0.25) is 9.59 Å². The normalized spacial score (nSPS) is 27.1. The highest BCUT2D eigenvalue weighted by molar-refractivity contribution is 5.80. The minimum absolute atomic E-state index is 0.0328. The molecule has 9 heavy (non-hydrogen) atoms. The molecular weight excluding hydrogens is 118 g/mol. The summed E-state index contributed by atoms with van der Waals surface area (Å²) in [5, 5.41) is 2.63. The fourth-order valence-corrected chi connectivity index (χ4v) is 0.884. The van der Waals surface area contributed by atoms with Gasteiger partial charge in [0.15, 0.2) is 0 Å². The molecule has 0 saturated carbocycles. The predicted molar refractivity (Wildman–Crippen MR) is 31.4 cm³/mol. The van der Waals surface area contributed by atoms with Gasteiger partial charge in [-0.25, -0.2) is 0 Å². The second kappa shape index (κ2) is 2.62. The van der Waals surface area contributed by atoms with Crippen LogP contribution in [0.15, 0.2) is 0 Å². The molecule has 1 aliphatic heterocycles. The Kier molecular flexibility index (Phi) is 1.82. The Hall–Kier alpha value is -0.860. The van der Waals surface area contributed by atoms with Crippen LogP contribution in [-0.4, -0.2) is 18.7 Å². The lowest BCUT2D eigenvalue weighted by molar-refractivity contribution is -0.122. The molecule has 1 aliphatic rings. The van der Waals surface area contributed by atoms with Gasteiger partial charge in [-0.05, 0) is 6.42 Å². The molecule has 0 aromatic rings. The summed E-state index contributed by atoms with van der Waals surface area (Å²) >= 11 is 0. The van der Waals surface area contributed by atoms with Crippen molar-refractivity contribution in [1.82, 2.24) is 5.32 Å². The Balaban J connectivity index is 2.40. The highest BCUT2D eigenvalue weighted by Gasteiger charge is 2.17. The average molecular weight is 126 g/mol. The molecule has 1 amide bonds. The topological polar surface area (TPSA) is 46.2 Å². The Labute approximate surface area is 53.4 Å². The van der Waals surface area contributed by atoms with Gasteiger partial charge in [-0.2, -0.15) is 0 Å². The monoisotopic (exact) mass is 126 g/mol. The van der Waals surface area contributed by atoms with Crippen molar-refractivity contribution in [2.75, 3.05) is 6.54 Å². The fraction of sp³-hybridized carbons (Fsp3) is 0.667. The van der Waals surface area contributed by atoms with Crippen LogP contribution in [0.2, 0.25) is 0 Å². The summed E-state index contributed by atoms with van der Waals surface area (Å²) in [7, 11) is 0. The first-order valence-corrected chi connectivity index (χ1v) is 2.97. The molecule has 1 N–H and O–H groups in total. The van der Waals surface area contributed by atoms with Crippen molar-refractivity contribution in [2.24, 2.45) is 5.92 Å². The number of hydrogen-bond acceptors (Lipinski definition) is 2. The third-order valence-electron chi connectivity index (χ3n) is 1.41. The molecule has 0 aliphatic carbocycles. The van der Waals surface area contributed by atoms with Crippen LogP contribution in [-0.2, 0) is 9.59 Å². The van der Waals surface area contributed by atoms with E-state index in [2.05, 4.69) is 5.32 Å². The van der Waals surface area contributed by atoms with Crippen molar-refractivity contribution in [2.45, 2.75) is 12.8 Å². The van der Waals surface area contributed by atoms with E-state index in [-0.39, 0.29) is 11.8 Å². The van der Waals surface area contributed by atoms with Crippen molar-refractivity contribution in [1.29, 1.82) is 0 Å². The van der Waals surface area contributed by atoms with Gasteiger partial charge in [0.25, 0.3) is 0 Å². The van der Waals surface area contributed by atoms with E-state index in [9.17, 15) is 9.59 Å². The second-order valence-electron chi connectivity index (χ2n) is 2.16. The molecule has 1 saturated heterocycles. The largest absolute Gasteiger partial charge is 0.356 e. The van der Waals surface area contributed by atoms with Gasteiger partial charge in [0.1, 0.15) is 0 Å². The van der Waals surface area contributed by atoms with E-state index < -0.39 is 0 Å². The number of amides is 1. The fourth-order valence-electron chi connectivity index (χ4n) is 0.884. The van der Waals surface area contributed by atoms with Gasteiger partial charge in [0.2, 0.25) is 12.2 Å². The van der Waals surface area contributed by atoms with E-state index in [4.69, 9.17) is 0 Å². The average Bonchev–Trinajstić information content (AvgIpc) is 1.88. The molecule has 49 valence electrons. The Morgan fingerprint density at radius 3 is 2.89 bits per heavy atom. The number of rotatable bonds is 1. The van der Waals surface area contributed by atoms with Gasteiger partial charge >= 0.3 is 0 Å². The predicted octanol–water partition coefficient (Wildman–Crippen LogP) is -0.378. The maximum atomic E-state index is 10.5. The summed E-state index contributed by atoms with van der Waals surface area (Å²) in [6, 6.07) is 0. The van der Waals surface area contributed by atoms with Crippen LogP contribution in [0.5, 0.6) is 0 Å². The summed E-state index contributed by atoms with van der Waals surface area (Å²) < 4.78 is 0. The molecule has 3 heteroatoms. The number of nitrogens with one attached hydrogen (secondary N) is 1. The second-order valence-corrected chi connectivity index (χ2v) is 2.16. The lowest BCUT2D eigenvalue weighted by Gasteiger charge is -2.15. The molecule has 1 fully saturated rings. The van der Waals surface area contributed by atoms with E-state index in [0.717, 1.165) is 6.42 Å². The number of carbonyl (C=O) groups excluding carboxylic acids is 2. The molecule has 1 rings (SSSR count). The maximum absolute atomic E-state index is 10.5. The molecule has 1 unspecified atom stereocenters. The molecular formula is C6H8NO2. The molecule has 0 bridgehead atoms. The van der Waals surface area contributed by atoms with Crippen LogP contribution < -0.4 is 5.32 Å². The zero-order valence-corrected chi connectivity index (χ0v) is 5.02. The zero-order chi connectivity index (χ0) is 6.69. The van der Waals surface area contributed by atoms with Gasteiger partial charge in [-0.1, -0.05) is 0 Å². The minimum Gasteiger partial charge on any atom is -0.356 e. The standard InChI is InChI=1S/C6H8NO2/c8-4-5-1-2-7-6(9)3-5/h5H,1-3H2,(H,7,9). The Morgan fingerprint density at radius 2 is 2.44 bits per heavy atom. The third-order valence-corrected chi connectivity index (χ3v) is 1.41. The first-order chi connectivity index (χ1) is 4.33. The molecule has 0 aromatic heterocycles. The van der Waals surface area contributed by atoms with E-state index >= 15 is 0 Å². The van der Waals surface area contributed by atoms with Gasteiger partial charge in [0, 0.05) is 18.9 Å². The van der Waals surface area contributed by atoms with Crippen molar-refractivity contribution < 1.29 is 9.59 Å². The third kappa shape index (κ3) is 1.52. The van der Waals surface area contributed by atoms with Crippen LogP contribution in [0.3, 0.4) is 0 Å². The van der Waals surface area contributed by atoms with Gasteiger partial charge in [-0.15, -0.1) is 0 Å². The maximum Gasteiger partial charge on any atom is 0.220 e. The van der Waals surface area contributed by atoms with E-state index in [1.165, 1.54) is 0 Å². The summed E-state index contributed by atoms with van der Waals surface area (Å²) in [5.74, 6) is -0.187. The van der Waals surface area contributed by atoms with Crippen LogP contribution in [0, 0.1) is 5.92 Å². The quantitative estimate of drug-likeness (QED) is 0.520. The Bertz CT molecular complexity index is 133. The van der Waals surface area contributed by atoms with Crippen LogP contribution in [0.25, 0.3) is 0 Å². The highest BCUT2D eigenvalue weighted by Crippen LogP contribution is 2.08. The molecule has 1 heterocycles. The van der Waals surface area contributed by atoms with Crippen molar-refractivity contribution in [3.8, 4) is 0 Å². The first-order valence-electron chi connectivity index (χ1n) is 2.97. The van der Waals surface area contributed by atoms with E-state index in [1.54, 1.807) is 0 Å². The summed E-state index contributed by atoms with van der Waals surface area (Å²) in [6.07, 6.45) is 2.89. The van der Waals surface area contributed by atoms with Gasteiger partial charge in [0.05, 0.1) is 0 Å². The van der Waals surface area contributed by atoms with Crippen LogP contribution in [0.1, 0.15) is 12.8 Å². The lowest BCUT2D eigenvalue weighted by atomic mass is 10.00. The summed E-state index contributed by atoms with van der Waals surface area (Å²) in [6.45, 7) is 0.624. The molecule has 0 spiro atoms.